The van der Waals surface area contributed by atoms with E-state index < -0.39 is 0 Å². The minimum absolute atomic E-state index is 0.185. The number of unbranched alkanes of at least 4 members (excludes halogenated alkanes) is 15. The van der Waals surface area contributed by atoms with Gasteiger partial charge in [0.05, 0.1) is 6.33 Å². The maximum Gasteiger partial charge on any atom is 0.220 e. The van der Waals surface area contributed by atoms with Crippen molar-refractivity contribution >= 4 is 5.91 Å². The third-order valence-corrected chi connectivity index (χ3v) is 5.53. The maximum absolute atomic E-state index is 11.8. The fraction of sp³-hybridized carbons (Fsp3) is 0.833. The molecule has 4 heteroatoms. The summed E-state index contributed by atoms with van der Waals surface area (Å²) in [4.78, 5) is 18.8. The van der Waals surface area contributed by atoms with Crippen molar-refractivity contribution in [3.05, 3.63) is 18.2 Å². The first-order valence-corrected chi connectivity index (χ1v) is 12.1. The van der Waals surface area contributed by atoms with Crippen molar-refractivity contribution in [1.29, 1.82) is 0 Å². The third kappa shape index (κ3) is 15.7. The van der Waals surface area contributed by atoms with Gasteiger partial charge in [0.2, 0.25) is 5.91 Å². The summed E-state index contributed by atoms with van der Waals surface area (Å²) in [7, 11) is 0. The average Bonchev–Trinajstić information content (AvgIpc) is 3.21. The second-order valence-electron chi connectivity index (χ2n) is 8.23. The average molecular weight is 392 g/mol. The van der Waals surface area contributed by atoms with Crippen molar-refractivity contribution in [1.82, 2.24) is 15.3 Å². The Balaban J connectivity index is 1.72. The van der Waals surface area contributed by atoms with Gasteiger partial charge in [-0.2, -0.15) is 0 Å². The SMILES string of the molecule is CCCCCCCCCCCCCCCCCCC(=O)NCCc1cnc[nH]1. The van der Waals surface area contributed by atoms with Gasteiger partial charge in [-0.1, -0.05) is 103 Å². The molecule has 1 aromatic rings. The number of amides is 1. The molecule has 0 radical (unpaired) electrons. The molecular weight excluding hydrogens is 346 g/mol. The molecule has 4 nitrogen and oxygen atoms in total. The molecule has 0 spiro atoms. The molecule has 0 aliphatic rings. The lowest BCUT2D eigenvalue weighted by Crippen LogP contribution is -2.25. The molecule has 0 aliphatic heterocycles. The van der Waals surface area contributed by atoms with E-state index in [4.69, 9.17) is 0 Å². The molecule has 1 heterocycles. The van der Waals surface area contributed by atoms with E-state index in [1.165, 1.54) is 96.3 Å². The van der Waals surface area contributed by atoms with E-state index in [9.17, 15) is 4.79 Å². The van der Waals surface area contributed by atoms with Gasteiger partial charge in [-0.05, 0) is 6.42 Å². The summed E-state index contributed by atoms with van der Waals surface area (Å²) in [6.07, 6.45) is 26.8. The van der Waals surface area contributed by atoms with E-state index in [0.717, 1.165) is 18.5 Å². The molecule has 1 amide bonds. The molecule has 0 fully saturated rings. The lowest BCUT2D eigenvalue weighted by Gasteiger charge is -2.05. The van der Waals surface area contributed by atoms with Crippen LogP contribution < -0.4 is 5.32 Å². The zero-order chi connectivity index (χ0) is 20.1. The molecular formula is C24H45N3O. The predicted molar refractivity (Wildman–Crippen MR) is 119 cm³/mol. The summed E-state index contributed by atoms with van der Waals surface area (Å²) in [5.74, 6) is 0.185. The van der Waals surface area contributed by atoms with Crippen molar-refractivity contribution in [3.8, 4) is 0 Å². The van der Waals surface area contributed by atoms with Crippen LogP contribution in [0.15, 0.2) is 12.5 Å². The molecule has 2 N–H and O–H groups in total. The Kier molecular flexibility index (Phi) is 16.8. The number of aromatic amines is 1. The number of aromatic nitrogens is 2. The Hall–Kier alpha value is -1.32. The monoisotopic (exact) mass is 391 g/mol. The van der Waals surface area contributed by atoms with Crippen molar-refractivity contribution in [2.24, 2.45) is 0 Å². The van der Waals surface area contributed by atoms with Crippen LogP contribution in [-0.2, 0) is 11.2 Å². The number of nitrogens with zero attached hydrogens (tertiary/aromatic N) is 1. The summed E-state index contributed by atoms with van der Waals surface area (Å²) in [5, 5.41) is 2.99. The minimum atomic E-state index is 0.185. The van der Waals surface area contributed by atoms with Crippen molar-refractivity contribution in [2.45, 2.75) is 122 Å². The molecule has 162 valence electrons. The summed E-state index contributed by atoms with van der Waals surface area (Å²) in [6.45, 7) is 2.98. The molecule has 1 aromatic heterocycles. The van der Waals surface area contributed by atoms with Crippen LogP contribution in [-0.4, -0.2) is 22.4 Å². The van der Waals surface area contributed by atoms with Gasteiger partial charge in [-0.15, -0.1) is 0 Å². The van der Waals surface area contributed by atoms with Gasteiger partial charge in [-0.25, -0.2) is 4.98 Å². The van der Waals surface area contributed by atoms with Gasteiger partial charge >= 0.3 is 0 Å². The van der Waals surface area contributed by atoms with Crippen LogP contribution in [0.4, 0.5) is 0 Å². The van der Waals surface area contributed by atoms with Gasteiger partial charge in [-0.3, -0.25) is 4.79 Å². The summed E-state index contributed by atoms with van der Waals surface area (Å²) >= 11 is 0. The number of hydrogen-bond donors (Lipinski definition) is 2. The van der Waals surface area contributed by atoms with Crippen LogP contribution >= 0.6 is 0 Å². The van der Waals surface area contributed by atoms with Gasteiger partial charge in [0.1, 0.15) is 0 Å². The Labute approximate surface area is 173 Å². The smallest absolute Gasteiger partial charge is 0.220 e. The highest BCUT2D eigenvalue weighted by Gasteiger charge is 2.01. The zero-order valence-corrected chi connectivity index (χ0v) is 18.4. The molecule has 1 rings (SSSR count). The molecule has 0 saturated heterocycles. The van der Waals surface area contributed by atoms with Crippen LogP contribution in [0.25, 0.3) is 0 Å². The van der Waals surface area contributed by atoms with Crippen LogP contribution in [0.1, 0.15) is 122 Å². The van der Waals surface area contributed by atoms with E-state index in [0.29, 0.717) is 13.0 Å². The van der Waals surface area contributed by atoms with Crippen molar-refractivity contribution < 1.29 is 4.79 Å². The van der Waals surface area contributed by atoms with Gasteiger partial charge in [0.25, 0.3) is 0 Å². The molecule has 0 atom stereocenters. The van der Waals surface area contributed by atoms with E-state index in [-0.39, 0.29) is 5.91 Å². The summed E-state index contributed by atoms with van der Waals surface area (Å²) in [5.41, 5.74) is 1.07. The first-order chi connectivity index (χ1) is 13.8. The number of rotatable bonds is 20. The third-order valence-electron chi connectivity index (χ3n) is 5.53. The molecule has 0 bridgehead atoms. The fourth-order valence-electron chi connectivity index (χ4n) is 3.68. The first kappa shape index (κ1) is 24.7. The second-order valence-corrected chi connectivity index (χ2v) is 8.23. The highest BCUT2D eigenvalue weighted by molar-refractivity contribution is 5.75. The Morgan fingerprint density at radius 3 is 1.79 bits per heavy atom. The van der Waals surface area contributed by atoms with E-state index in [1.807, 2.05) is 6.20 Å². The Morgan fingerprint density at radius 1 is 0.821 bits per heavy atom. The van der Waals surface area contributed by atoms with Crippen LogP contribution in [0.2, 0.25) is 0 Å². The summed E-state index contributed by atoms with van der Waals surface area (Å²) < 4.78 is 0. The molecule has 0 saturated carbocycles. The lowest BCUT2D eigenvalue weighted by atomic mass is 10.0. The second kappa shape index (κ2) is 19.0. The number of carbonyl (C=O) groups excluding carboxylic acids is 1. The van der Waals surface area contributed by atoms with Gasteiger partial charge in [0.15, 0.2) is 0 Å². The molecule has 0 aliphatic carbocycles. The first-order valence-electron chi connectivity index (χ1n) is 12.1. The summed E-state index contributed by atoms with van der Waals surface area (Å²) in [6, 6.07) is 0. The number of hydrogen-bond acceptors (Lipinski definition) is 2. The van der Waals surface area contributed by atoms with Crippen molar-refractivity contribution in [2.75, 3.05) is 6.54 Å². The van der Waals surface area contributed by atoms with Crippen LogP contribution in [0.3, 0.4) is 0 Å². The number of nitrogens with one attached hydrogen (secondary N) is 2. The number of H-pyrrole nitrogens is 1. The Bertz CT molecular complexity index is 445. The van der Waals surface area contributed by atoms with Gasteiger partial charge in [0, 0.05) is 31.3 Å². The fourth-order valence-corrected chi connectivity index (χ4v) is 3.68. The van der Waals surface area contributed by atoms with E-state index in [1.54, 1.807) is 6.33 Å². The van der Waals surface area contributed by atoms with Crippen molar-refractivity contribution in [3.63, 3.8) is 0 Å². The highest BCUT2D eigenvalue weighted by atomic mass is 16.1. The normalized spacial score (nSPS) is 11.0. The quantitative estimate of drug-likeness (QED) is 0.242. The van der Waals surface area contributed by atoms with Crippen LogP contribution in [0.5, 0.6) is 0 Å². The minimum Gasteiger partial charge on any atom is -0.356 e. The number of imidazole rings is 1. The predicted octanol–water partition coefficient (Wildman–Crippen LogP) is 6.72. The molecule has 0 unspecified atom stereocenters. The van der Waals surface area contributed by atoms with Crippen LogP contribution in [0, 0.1) is 0 Å². The maximum atomic E-state index is 11.8. The number of carbonyl (C=O) groups is 1. The lowest BCUT2D eigenvalue weighted by molar-refractivity contribution is -0.121. The van der Waals surface area contributed by atoms with E-state index in [2.05, 4.69) is 22.2 Å². The zero-order valence-electron chi connectivity index (χ0n) is 18.4. The standard InChI is InChI=1S/C24H45N3O/c1-2-3-4-5-6-7-8-9-10-11-12-13-14-15-16-17-18-24(28)26-20-19-23-21-25-22-27-23/h21-22H,2-20H2,1H3,(H,25,27)(H,26,28). The topological polar surface area (TPSA) is 57.8 Å². The molecule has 0 aromatic carbocycles. The molecule has 28 heavy (non-hydrogen) atoms. The van der Waals surface area contributed by atoms with E-state index >= 15 is 0 Å². The van der Waals surface area contributed by atoms with Gasteiger partial charge < -0.3 is 10.3 Å². The highest BCUT2D eigenvalue weighted by Crippen LogP contribution is 2.14. The largest absolute Gasteiger partial charge is 0.356 e. The Morgan fingerprint density at radius 2 is 1.32 bits per heavy atom.